The number of methoxy groups -OCH3 is 1. The fourth-order valence-corrected chi connectivity index (χ4v) is 3.40. The van der Waals surface area contributed by atoms with Gasteiger partial charge >= 0.3 is 0 Å². The molecule has 1 N–H and O–H groups in total. The lowest BCUT2D eigenvalue weighted by atomic mass is 10.0. The number of unbranched alkanes of at least 4 members (excludes halogenated alkanes) is 2. The summed E-state index contributed by atoms with van der Waals surface area (Å²) >= 11 is 0. The van der Waals surface area contributed by atoms with Gasteiger partial charge in [-0.3, -0.25) is 0 Å². The molecule has 0 aromatic heterocycles. The van der Waals surface area contributed by atoms with Gasteiger partial charge in [0.1, 0.15) is 5.84 Å². The van der Waals surface area contributed by atoms with E-state index in [1.165, 1.54) is 18.2 Å². The van der Waals surface area contributed by atoms with E-state index in [1.54, 1.807) is 7.11 Å². The Labute approximate surface area is 159 Å². The number of hydrogen-bond donors (Lipinski definition) is 1. The molecule has 0 amide bonds. The van der Waals surface area contributed by atoms with Crippen LogP contribution in [0.25, 0.3) is 10.8 Å². The van der Waals surface area contributed by atoms with Crippen LogP contribution < -0.4 is 14.8 Å². The highest BCUT2D eigenvalue weighted by molar-refractivity contribution is 6.19. The number of ether oxygens (including phenoxy) is 2. The van der Waals surface area contributed by atoms with Crippen LogP contribution in [-0.4, -0.2) is 19.6 Å². The van der Waals surface area contributed by atoms with E-state index >= 15 is 0 Å². The van der Waals surface area contributed by atoms with Crippen LogP contribution in [0.3, 0.4) is 0 Å². The van der Waals surface area contributed by atoms with E-state index < -0.39 is 0 Å². The van der Waals surface area contributed by atoms with Gasteiger partial charge in [-0.2, -0.15) is 0 Å². The molecule has 138 valence electrons. The van der Waals surface area contributed by atoms with Crippen molar-refractivity contribution in [3.63, 3.8) is 0 Å². The van der Waals surface area contributed by atoms with E-state index in [9.17, 15) is 0 Å². The summed E-state index contributed by atoms with van der Waals surface area (Å²) in [6, 6.07) is 18.4. The lowest BCUT2D eigenvalue weighted by Crippen LogP contribution is -2.16. The van der Waals surface area contributed by atoms with Crippen LogP contribution in [0.4, 0.5) is 11.4 Å². The summed E-state index contributed by atoms with van der Waals surface area (Å²) in [4.78, 5) is 4.83. The predicted octanol–water partition coefficient (Wildman–Crippen LogP) is 5.92. The van der Waals surface area contributed by atoms with E-state index in [0.29, 0.717) is 6.61 Å². The first-order chi connectivity index (χ1) is 13.3. The van der Waals surface area contributed by atoms with Gasteiger partial charge in [-0.25, -0.2) is 4.99 Å². The fraction of sp³-hybridized carbons (Fsp3) is 0.261. The number of hydrogen-bond acceptors (Lipinski definition) is 4. The molecule has 3 aromatic carbocycles. The average molecular weight is 360 g/mol. The average Bonchev–Trinajstić information content (AvgIpc) is 2.71. The Hall–Kier alpha value is -3.01. The minimum Gasteiger partial charge on any atom is -0.493 e. The zero-order chi connectivity index (χ0) is 18.6. The molecule has 1 heterocycles. The van der Waals surface area contributed by atoms with Crippen LogP contribution in [0.15, 0.2) is 59.6 Å². The predicted molar refractivity (Wildman–Crippen MR) is 112 cm³/mol. The number of aliphatic imine (C=N–C) groups is 1. The molecule has 0 saturated heterocycles. The molecular weight excluding hydrogens is 336 g/mol. The molecule has 0 aliphatic carbocycles. The molecule has 0 fully saturated rings. The summed E-state index contributed by atoms with van der Waals surface area (Å²) in [5.41, 5.74) is 3.03. The number of nitrogens with one attached hydrogen (secondary N) is 1. The van der Waals surface area contributed by atoms with Gasteiger partial charge in [0.25, 0.3) is 0 Å². The first-order valence-electron chi connectivity index (χ1n) is 9.49. The smallest absolute Gasteiger partial charge is 0.161 e. The Morgan fingerprint density at radius 1 is 0.963 bits per heavy atom. The Balaban J connectivity index is 1.64. The van der Waals surface area contributed by atoms with Gasteiger partial charge in [0, 0.05) is 16.6 Å². The molecule has 4 nitrogen and oxygen atoms in total. The molecule has 0 spiro atoms. The third kappa shape index (κ3) is 3.47. The van der Waals surface area contributed by atoms with Gasteiger partial charge in [0.05, 0.1) is 19.4 Å². The zero-order valence-electron chi connectivity index (χ0n) is 15.8. The van der Waals surface area contributed by atoms with E-state index in [4.69, 9.17) is 14.5 Å². The van der Waals surface area contributed by atoms with Crippen molar-refractivity contribution >= 4 is 28.0 Å². The molecule has 3 aromatic rings. The van der Waals surface area contributed by atoms with Crippen LogP contribution in [0.2, 0.25) is 0 Å². The fourth-order valence-electron chi connectivity index (χ4n) is 3.40. The number of rotatable bonds is 7. The summed E-state index contributed by atoms with van der Waals surface area (Å²) in [6.07, 6.45) is 3.40. The summed E-state index contributed by atoms with van der Waals surface area (Å²) < 4.78 is 11.4. The molecule has 0 radical (unpaired) electrons. The first-order valence-corrected chi connectivity index (χ1v) is 9.49. The maximum Gasteiger partial charge on any atom is 0.161 e. The Morgan fingerprint density at radius 2 is 1.81 bits per heavy atom. The lowest BCUT2D eigenvalue weighted by Gasteiger charge is -2.20. The van der Waals surface area contributed by atoms with E-state index in [0.717, 1.165) is 46.1 Å². The van der Waals surface area contributed by atoms with E-state index in [1.807, 2.05) is 24.3 Å². The highest BCUT2D eigenvalue weighted by Crippen LogP contribution is 2.37. The second kappa shape index (κ2) is 7.70. The van der Waals surface area contributed by atoms with Crippen molar-refractivity contribution in [2.75, 3.05) is 19.0 Å². The third-order valence-corrected chi connectivity index (χ3v) is 4.81. The van der Waals surface area contributed by atoms with Crippen LogP contribution in [0.5, 0.6) is 11.5 Å². The maximum absolute atomic E-state index is 5.89. The molecule has 1 aliphatic heterocycles. The van der Waals surface area contributed by atoms with Crippen molar-refractivity contribution in [2.45, 2.75) is 26.2 Å². The molecule has 0 saturated carbocycles. The zero-order valence-corrected chi connectivity index (χ0v) is 15.8. The van der Waals surface area contributed by atoms with E-state index in [-0.39, 0.29) is 0 Å². The SMILES string of the molecule is CCCCCOc1ccc(C2=Nc3cccc4cccc(c34)N2)cc1OC. The monoisotopic (exact) mass is 360 g/mol. The highest BCUT2D eigenvalue weighted by Gasteiger charge is 2.17. The third-order valence-electron chi connectivity index (χ3n) is 4.81. The molecule has 0 atom stereocenters. The normalized spacial score (nSPS) is 12.4. The van der Waals surface area contributed by atoms with Gasteiger partial charge in [0.15, 0.2) is 11.5 Å². The van der Waals surface area contributed by atoms with Crippen molar-refractivity contribution < 1.29 is 9.47 Å². The number of anilines is 1. The van der Waals surface area contributed by atoms with Gasteiger partial charge in [-0.1, -0.05) is 44.0 Å². The first kappa shape index (κ1) is 17.4. The van der Waals surface area contributed by atoms with Crippen molar-refractivity contribution in [1.82, 2.24) is 0 Å². The molecule has 1 aliphatic rings. The summed E-state index contributed by atoms with van der Waals surface area (Å²) in [5.74, 6) is 2.32. The quantitative estimate of drug-likeness (QED) is 0.532. The standard InChI is InChI=1S/C23H24N2O2/c1-3-4-5-14-27-20-13-12-17(15-21(20)26-2)23-24-18-10-6-8-16-9-7-11-19(25-23)22(16)18/h6-13,15H,3-5,14H2,1-2H3,(H,24,25). The Morgan fingerprint density at radius 3 is 2.63 bits per heavy atom. The molecule has 27 heavy (non-hydrogen) atoms. The number of nitrogens with zero attached hydrogens (tertiary/aromatic N) is 1. The second-order valence-electron chi connectivity index (χ2n) is 6.69. The van der Waals surface area contributed by atoms with Crippen LogP contribution in [-0.2, 0) is 0 Å². The molecular formula is C23H24N2O2. The molecule has 4 heteroatoms. The van der Waals surface area contributed by atoms with Crippen molar-refractivity contribution in [3.05, 3.63) is 60.2 Å². The summed E-state index contributed by atoms with van der Waals surface area (Å²) in [5, 5.41) is 5.81. The van der Waals surface area contributed by atoms with Gasteiger partial charge in [0.2, 0.25) is 0 Å². The molecule has 4 rings (SSSR count). The van der Waals surface area contributed by atoms with Gasteiger partial charge in [-0.15, -0.1) is 0 Å². The number of benzene rings is 3. The van der Waals surface area contributed by atoms with Crippen molar-refractivity contribution in [1.29, 1.82) is 0 Å². The van der Waals surface area contributed by atoms with Gasteiger partial charge in [-0.05, 0) is 42.1 Å². The second-order valence-corrected chi connectivity index (χ2v) is 6.69. The minimum absolute atomic E-state index is 0.706. The Bertz CT molecular complexity index is 990. The van der Waals surface area contributed by atoms with Crippen LogP contribution in [0.1, 0.15) is 31.7 Å². The van der Waals surface area contributed by atoms with Gasteiger partial charge < -0.3 is 14.8 Å². The topological polar surface area (TPSA) is 42.8 Å². The van der Waals surface area contributed by atoms with Crippen molar-refractivity contribution in [2.24, 2.45) is 4.99 Å². The van der Waals surface area contributed by atoms with Crippen molar-refractivity contribution in [3.8, 4) is 11.5 Å². The van der Waals surface area contributed by atoms with E-state index in [2.05, 4.69) is 42.6 Å². The summed E-state index contributed by atoms with van der Waals surface area (Å²) in [6.45, 7) is 2.89. The molecule has 0 unspecified atom stereocenters. The Kier molecular flexibility index (Phi) is 4.97. The number of amidine groups is 1. The van der Waals surface area contributed by atoms with Crippen LogP contribution in [0, 0.1) is 0 Å². The highest BCUT2D eigenvalue weighted by atomic mass is 16.5. The maximum atomic E-state index is 5.89. The summed E-state index contributed by atoms with van der Waals surface area (Å²) in [7, 11) is 1.67. The lowest BCUT2D eigenvalue weighted by molar-refractivity contribution is 0.286. The minimum atomic E-state index is 0.706. The van der Waals surface area contributed by atoms with Crippen LogP contribution >= 0.6 is 0 Å². The molecule has 0 bridgehead atoms. The largest absolute Gasteiger partial charge is 0.493 e.